The second-order valence-electron chi connectivity index (χ2n) is 5.09. The Morgan fingerprint density at radius 2 is 2.16 bits per heavy atom. The fourth-order valence-electron chi connectivity index (χ4n) is 2.74. The maximum atomic E-state index is 5.61. The zero-order chi connectivity index (χ0) is 13.2. The molecule has 0 saturated heterocycles. The van der Waals surface area contributed by atoms with Crippen LogP contribution in [-0.2, 0) is 0 Å². The number of hydrogen-bond donors (Lipinski definition) is 1. The zero-order valence-corrected chi connectivity index (χ0v) is 10.9. The van der Waals surface area contributed by atoms with Crippen LogP contribution in [0.3, 0.4) is 0 Å². The van der Waals surface area contributed by atoms with E-state index in [1.54, 1.807) is 0 Å². The lowest BCUT2D eigenvalue weighted by Gasteiger charge is -2.26. The third-order valence-electron chi connectivity index (χ3n) is 3.88. The Labute approximate surface area is 110 Å². The molecule has 0 radical (unpaired) electrons. The molecule has 0 aliphatic heterocycles. The second kappa shape index (κ2) is 4.99. The highest BCUT2D eigenvalue weighted by molar-refractivity contribution is 5.60. The molecule has 0 spiro atoms. The van der Waals surface area contributed by atoms with Gasteiger partial charge in [-0.15, -0.1) is 0 Å². The largest absolute Gasteiger partial charge is 0.379 e. The molecule has 7 nitrogen and oxygen atoms in total. The van der Waals surface area contributed by atoms with Gasteiger partial charge in [0.05, 0.1) is 0 Å². The van der Waals surface area contributed by atoms with E-state index in [0.717, 1.165) is 24.6 Å². The van der Waals surface area contributed by atoms with Crippen molar-refractivity contribution in [2.24, 2.45) is 5.92 Å². The predicted molar refractivity (Wildman–Crippen MR) is 67.0 cm³/mol. The Morgan fingerprint density at radius 3 is 2.89 bits per heavy atom. The van der Waals surface area contributed by atoms with Crippen LogP contribution in [0.1, 0.15) is 50.8 Å². The van der Waals surface area contributed by atoms with Crippen molar-refractivity contribution in [1.29, 1.82) is 0 Å². The van der Waals surface area contributed by atoms with Crippen molar-refractivity contribution in [3.05, 3.63) is 5.82 Å². The highest BCUT2D eigenvalue weighted by atomic mass is 16.6. The van der Waals surface area contributed by atoms with Crippen LogP contribution >= 0.6 is 0 Å². The maximum absolute atomic E-state index is 5.61. The molecule has 2 atom stereocenters. The number of nitrogens with two attached hydrogens (primary N) is 1. The van der Waals surface area contributed by atoms with E-state index in [-0.39, 0.29) is 11.7 Å². The maximum Gasteiger partial charge on any atom is 0.284 e. The van der Waals surface area contributed by atoms with Crippen molar-refractivity contribution in [2.75, 3.05) is 5.73 Å². The van der Waals surface area contributed by atoms with Crippen molar-refractivity contribution in [2.45, 2.75) is 44.9 Å². The van der Waals surface area contributed by atoms with Crippen LogP contribution < -0.4 is 5.73 Å². The molecule has 2 N–H and O–H groups in total. The van der Waals surface area contributed by atoms with Gasteiger partial charge in [-0.25, -0.2) is 4.63 Å². The highest BCUT2D eigenvalue weighted by Crippen LogP contribution is 2.36. The molecule has 0 amide bonds. The minimum Gasteiger partial charge on any atom is -0.379 e. The smallest absolute Gasteiger partial charge is 0.284 e. The highest BCUT2D eigenvalue weighted by Gasteiger charge is 2.27. The minimum absolute atomic E-state index is 0.172. The molecular weight excluding hydrogens is 246 g/mol. The summed E-state index contributed by atoms with van der Waals surface area (Å²) in [6.45, 7) is 2.23. The summed E-state index contributed by atoms with van der Waals surface area (Å²) in [5.41, 5.74) is 5.93. The standard InChI is InChI=1S/C12H17N5O2/c1-2-7-4-3-5-8(6-7)11-14-12(18-17-11)9-10(13)16-19-15-9/h7-8H,2-6H2,1H3,(H2,13,16). The van der Waals surface area contributed by atoms with Gasteiger partial charge in [0, 0.05) is 5.92 Å². The first-order valence-corrected chi connectivity index (χ1v) is 6.70. The van der Waals surface area contributed by atoms with Crippen LogP contribution in [0.5, 0.6) is 0 Å². The number of nitrogens with zero attached hydrogens (tertiary/aromatic N) is 4. The summed E-state index contributed by atoms with van der Waals surface area (Å²) < 4.78 is 9.74. The molecule has 1 aliphatic rings. The Kier molecular flexibility index (Phi) is 3.18. The predicted octanol–water partition coefficient (Wildman–Crippen LogP) is 2.39. The molecule has 2 heterocycles. The van der Waals surface area contributed by atoms with E-state index in [0.29, 0.717) is 11.6 Å². The Bertz CT molecular complexity index is 550. The molecule has 1 saturated carbocycles. The van der Waals surface area contributed by atoms with Crippen molar-refractivity contribution in [3.8, 4) is 11.6 Å². The molecule has 1 aliphatic carbocycles. The van der Waals surface area contributed by atoms with E-state index in [1.165, 1.54) is 19.3 Å². The second-order valence-corrected chi connectivity index (χ2v) is 5.09. The summed E-state index contributed by atoms with van der Waals surface area (Å²) in [6, 6.07) is 0. The summed E-state index contributed by atoms with van der Waals surface area (Å²) in [7, 11) is 0. The lowest BCUT2D eigenvalue weighted by atomic mass is 9.80. The quantitative estimate of drug-likeness (QED) is 0.906. The van der Waals surface area contributed by atoms with E-state index in [9.17, 15) is 0 Å². The van der Waals surface area contributed by atoms with Gasteiger partial charge in [-0.2, -0.15) is 4.98 Å². The summed E-state index contributed by atoms with van der Waals surface area (Å²) in [5, 5.41) is 11.2. The monoisotopic (exact) mass is 263 g/mol. The topological polar surface area (TPSA) is 104 Å². The molecule has 19 heavy (non-hydrogen) atoms. The normalized spacial score (nSPS) is 23.6. The van der Waals surface area contributed by atoms with Gasteiger partial charge >= 0.3 is 0 Å². The third-order valence-corrected chi connectivity index (χ3v) is 3.88. The molecular formula is C12H17N5O2. The summed E-state index contributed by atoms with van der Waals surface area (Å²) in [4.78, 5) is 4.39. The van der Waals surface area contributed by atoms with Gasteiger partial charge in [-0.3, -0.25) is 0 Å². The summed E-state index contributed by atoms with van der Waals surface area (Å²) in [5.74, 6) is 2.34. The van der Waals surface area contributed by atoms with Crippen LogP contribution in [-0.4, -0.2) is 20.5 Å². The van der Waals surface area contributed by atoms with Crippen LogP contribution in [0.25, 0.3) is 11.6 Å². The molecule has 7 heteroatoms. The van der Waals surface area contributed by atoms with Gasteiger partial charge in [0.25, 0.3) is 5.89 Å². The first-order valence-electron chi connectivity index (χ1n) is 6.70. The van der Waals surface area contributed by atoms with E-state index in [4.69, 9.17) is 10.3 Å². The van der Waals surface area contributed by atoms with Crippen molar-refractivity contribution >= 4 is 5.82 Å². The molecule has 2 unspecified atom stereocenters. The SMILES string of the molecule is CCC1CCCC(c2noc(-c3nonc3N)n2)C1. The fourth-order valence-corrected chi connectivity index (χ4v) is 2.74. The van der Waals surface area contributed by atoms with Crippen LogP contribution in [0.2, 0.25) is 0 Å². The first kappa shape index (κ1) is 12.1. The summed E-state index contributed by atoms with van der Waals surface area (Å²) in [6.07, 6.45) is 5.98. The van der Waals surface area contributed by atoms with Crippen molar-refractivity contribution in [1.82, 2.24) is 20.5 Å². The molecule has 2 aromatic heterocycles. The zero-order valence-electron chi connectivity index (χ0n) is 10.9. The lowest BCUT2D eigenvalue weighted by Crippen LogP contribution is -2.14. The van der Waals surface area contributed by atoms with Gasteiger partial charge < -0.3 is 10.3 Å². The molecule has 2 aromatic rings. The number of anilines is 1. The van der Waals surface area contributed by atoms with Crippen molar-refractivity contribution in [3.63, 3.8) is 0 Å². The lowest BCUT2D eigenvalue weighted by molar-refractivity contribution is 0.299. The number of hydrogen-bond acceptors (Lipinski definition) is 7. The molecule has 1 fully saturated rings. The Balaban J connectivity index is 1.79. The molecule has 0 aromatic carbocycles. The summed E-state index contributed by atoms with van der Waals surface area (Å²) >= 11 is 0. The van der Waals surface area contributed by atoms with E-state index < -0.39 is 0 Å². The third kappa shape index (κ3) is 2.32. The minimum atomic E-state index is 0.172. The van der Waals surface area contributed by atoms with Crippen molar-refractivity contribution < 1.29 is 9.15 Å². The average molecular weight is 263 g/mol. The fraction of sp³-hybridized carbons (Fsp3) is 0.667. The Hall–Kier alpha value is -1.92. The van der Waals surface area contributed by atoms with Gasteiger partial charge in [-0.1, -0.05) is 31.3 Å². The van der Waals surface area contributed by atoms with E-state index in [1.807, 2.05) is 0 Å². The van der Waals surface area contributed by atoms with E-state index >= 15 is 0 Å². The number of rotatable bonds is 3. The van der Waals surface area contributed by atoms with Crippen LogP contribution in [0.15, 0.2) is 9.15 Å². The molecule has 0 bridgehead atoms. The van der Waals surface area contributed by atoms with Gasteiger partial charge in [0.1, 0.15) is 0 Å². The van der Waals surface area contributed by atoms with Gasteiger partial charge in [0.2, 0.25) is 11.5 Å². The molecule has 102 valence electrons. The van der Waals surface area contributed by atoms with Crippen LogP contribution in [0.4, 0.5) is 5.82 Å². The van der Waals surface area contributed by atoms with Gasteiger partial charge in [-0.05, 0) is 29.1 Å². The van der Waals surface area contributed by atoms with E-state index in [2.05, 4.69) is 32.0 Å². The number of nitrogen functional groups attached to an aromatic ring is 1. The van der Waals surface area contributed by atoms with Gasteiger partial charge in [0.15, 0.2) is 5.82 Å². The number of aromatic nitrogens is 4. The first-order chi connectivity index (χ1) is 9.28. The average Bonchev–Trinajstić information content (AvgIpc) is 3.07. The molecule has 3 rings (SSSR count). The van der Waals surface area contributed by atoms with Crippen LogP contribution in [0, 0.1) is 5.92 Å². The Morgan fingerprint density at radius 1 is 1.26 bits per heavy atom.